The van der Waals surface area contributed by atoms with E-state index in [-0.39, 0.29) is 43.0 Å². The molecule has 5 N–H and O–H groups in total. The topological polar surface area (TPSA) is 160 Å². The number of nitriles is 1. The van der Waals surface area contributed by atoms with Crippen molar-refractivity contribution >= 4 is 28.6 Å². The Balaban J connectivity index is 1.62. The van der Waals surface area contributed by atoms with E-state index in [1.807, 2.05) is 6.07 Å². The summed E-state index contributed by atoms with van der Waals surface area (Å²) in [6.45, 7) is 0.547. The number of nitrogens with one attached hydrogen (secondary N) is 2. The highest BCUT2D eigenvalue weighted by Gasteiger charge is 2.51. The third-order valence-electron chi connectivity index (χ3n) is 5.20. The molecule has 1 unspecified atom stereocenters. The zero-order chi connectivity index (χ0) is 21.2. The summed E-state index contributed by atoms with van der Waals surface area (Å²) in [7, 11) is 0. The number of hydrogen-bond donors (Lipinski definition) is 4. The molecule has 10 heteroatoms. The SMILES string of the molecule is N#Cc1ccc(CNC(=O)C(=N)C2=C(N)C(=O)N(CC3(S(=O)O)CC3)CC2)cc1. The molecule has 1 aliphatic carbocycles. The molecule has 1 fully saturated rings. The van der Waals surface area contributed by atoms with Crippen LogP contribution >= 0.6 is 0 Å². The minimum atomic E-state index is -2.02. The van der Waals surface area contributed by atoms with Crippen molar-refractivity contribution in [2.75, 3.05) is 13.1 Å². The Morgan fingerprint density at radius 1 is 1.38 bits per heavy atom. The molecular formula is C19H21N5O4S. The molecule has 1 atom stereocenters. The van der Waals surface area contributed by atoms with Gasteiger partial charge < -0.3 is 20.5 Å². The van der Waals surface area contributed by atoms with Gasteiger partial charge in [0.05, 0.1) is 16.4 Å². The number of carbonyl (C=O) groups excluding carboxylic acids is 2. The maximum Gasteiger partial charge on any atom is 0.270 e. The number of rotatable bonds is 7. The number of carbonyl (C=O) groups is 2. The molecular weight excluding hydrogens is 394 g/mol. The molecule has 1 aliphatic heterocycles. The van der Waals surface area contributed by atoms with Gasteiger partial charge in [-0.05, 0) is 37.0 Å². The van der Waals surface area contributed by atoms with E-state index in [9.17, 15) is 18.4 Å². The second-order valence-corrected chi connectivity index (χ2v) is 8.53. The van der Waals surface area contributed by atoms with Gasteiger partial charge in [-0.3, -0.25) is 15.0 Å². The Morgan fingerprint density at radius 3 is 2.59 bits per heavy atom. The molecule has 0 saturated heterocycles. The van der Waals surface area contributed by atoms with Gasteiger partial charge in [0, 0.05) is 25.2 Å². The van der Waals surface area contributed by atoms with Gasteiger partial charge >= 0.3 is 0 Å². The smallest absolute Gasteiger partial charge is 0.270 e. The predicted molar refractivity (Wildman–Crippen MR) is 106 cm³/mol. The zero-order valence-electron chi connectivity index (χ0n) is 15.6. The first-order valence-electron chi connectivity index (χ1n) is 9.02. The van der Waals surface area contributed by atoms with Gasteiger partial charge in [0.25, 0.3) is 11.8 Å². The van der Waals surface area contributed by atoms with Crippen molar-refractivity contribution < 1.29 is 18.4 Å². The van der Waals surface area contributed by atoms with Gasteiger partial charge in [0.1, 0.15) is 11.4 Å². The first-order valence-corrected chi connectivity index (χ1v) is 10.1. The van der Waals surface area contributed by atoms with Crippen LogP contribution in [-0.2, 0) is 27.2 Å². The van der Waals surface area contributed by atoms with Crippen LogP contribution in [0.2, 0.25) is 0 Å². The highest BCUT2D eigenvalue weighted by molar-refractivity contribution is 7.81. The molecule has 152 valence electrons. The van der Waals surface area contributed by atoms with Crippen LogP contribution in [0.4, 0.5) is 0 Å². The lowest BCUT2D eigenvalue weighted by Crippen LogP contribution is -2.47. The standard InChI is InChI=1S/C19H21N5O4S/c20-9-12-1-3-13(4-2-12)10-23-17(25)15(21)14-5-8-24(18(26)16(14)22)11-19(6-7-19)29(27)28/h1-4,21H,5-8,10-11,22H2,(H,23,25)(H,27,28). The van der Waals surface area contributed by atoms with Crippen molar-refractivity contribution in [1.82, 2.24) is 10.2 Å². The van der Waals surface area contributed by atoms with E-state index in [0.29, 0.717) is 18.4 Å². The lowest BCUT2D eigenvalue weighted by atomic mass is 9.99. The van der Waals surface area contributed by atoms with Crippen LogP contribution in [0, 0.1) is 16.7 Å². The third-order valence-corrected chi connectivity index (χ3v) is 6.47. The summed E-state index contributed by atoms with van der Waals surface area (Å²) in [5.41, 5.74) is 6.82. The molecule has 2 amide bonds. The van der Waals surface area contributed by atoms with Gasteiger partial charge in [0.2, 0.25) is 0 Å². The van der Waals surface area contributed by atoms with Crippen LogP contribution < -0.4 is 11.1 Å². The van der Waals surface area contributed by atoms with Gasteiger partial charge in [-0.15, -0.1) is 0 Å². The van der Waals surface area contributed by atoms with E-state index >= 15 is 0 Å². The second kappa shape index (κ2) is 8.14. The summed E-state index contributed by atoms with van der Waals surface area (Å²) in [5, 5.41) is 19.5. The van der Waals surface area contributed by atoms with Crippen molar-refractivity contribution in [2.45, 2.75) is 30.6 Å². The van der Waals surface area contributed by atoms with Crippen LogP contribution in [0.25, 0.3) is 0 Å². The van der Waals surface area contributed by atoms with Crippen molar-refractivity contribution in [3.05, 3.63) is 46.7 Å². The van der Waals surface area contributed by atoms with E-state index in [0.717, 1.165) is 5.56 Å². The Morgan fingerprint density at radius 2 is 2.03 bits per heavy atom. The molecule has 2 aliphatic rings. The molecule has 29 heavy (non-hydrogen) atoms. The lowest BCUT2D eigenvalue weighted by molar-refractivity contribution is -0.128. The zero-order valence-corrected chi connectivity index (χ0v) is 16.4. The summed E-state index contributed by atoms with van der Waals surface area (Å²) in [6, 6.07) is 8.68. The molecule has 1 saturated carbocycles. The Bertz CT molecular complexity index is 960. The molecule has 3 rings (SSSR count). The number of nitrogens with zero attached hydrogens (tertiary/aromatic N) is 2. The highest BCUT2D eigenvalue weighted by atomic mass is 32.2. The second-order valence-electron chi connectivity index (χ2n) is 7.17. The van der Waals surface area contributed by atoms with E-state index < -0.39 is 27.6 Å². The van der Waals surface area contributed by atoms with Gasteiger partial charge in [-0.1, -0.05) is 12.1 Å². The van der Waals surface area contributed by atoms with Crippen molar-refractivity contribution in [3.63, 3.8) is 0 Å². The van der Waals surface area contributed by atoms with E-state index in [4.69, 9.17) is 16.4 Å². The number of amides is 2. The number of benzene rings is 1. The third kappa shape index (κ3) is 4.36. The average Bonchev–Trinajstić information content (AvgIpc) is 3.50. The van der Waals surface area contributed by atoms with Gasteiger partial charge in [-0.25, -0.2) is 4.21 Å². The summed E-state index contributed by atoms with van der Waals surface area (Å²) in [4.78, 5) is 26.3. The molecule has 0 bridgehead atoms. The fourth-order valence-corrected chi connectivity index (χ4v) is 3.89. The quantitative estimate of drug-likeness (QED) is 0.372. The molecule has 0 aromatic heterocycles. The molecule has 0 radical (unpaired) electrons. The number of nitrogens with two attached hydrogens (primary N) is 1. The molecule has 9 nitrogen and oxygen atoms in total. The van der Waals surface area contributed by atoms with Gasteiger partial charge in [-0.2, -0.15) is 5.26 Å². The monoisotopic (exact) mass is 415 g/mol. The minimum absolute atomic E-state index is 0.140. The minimum Gasteiger partial charge on any atom is -0.394 e. The summed E-state index contributed by atoms with van der Waals surface area (Å²) in [5.74, 6) is -1.17. The summed E-state index contributed by atoms with van der Waals surface area (Å²) >= 11 is -2.02. The molecule has 1 aromatic carbocycles. The van der Waals surface area contributed by atoms with E-state index in [1.165, 1.54) is 4.90 Å². The van der Waals surface area contributed by atoms with Crippen LogP contribution in [0.1, 0.15) is 30.4 Å². The summed E-state index contributed by atoms with van der Waals surface area (Å²) in [6.07, 6.45) is 1.38. The fourth-order valence-electron chi connectivity index (χ4n) is 3.17. The lowest BCUT2D eigenvalue weighted by Gasteiger charge is -2.31. The fraction of sp³-hybridized carbons (Fsp3) is 0.368. The first kappa shape index (κ1) is 20.7. The van der Waals surface area contributed by atoms with Crippen molar-refractivity contribution in [2.24, 2.45) is 5.73 Å². The van der Waals surface area contributed by atoms with Crippen LogP contribution in [0.15, 0.2) is 35.5 Å². The summed E-state index contributed by atoms with van der Waals surface area (Å²) < 4.78 is 20.1. The van der Waals surface area contributed by atoms with Crippen LogP contribution in [-0.4, -0.2) is 49.0 Å². The van der Waals surface area contributed by atoms with E-state index in [1.54, 1.807) is 24.3 Å². The average molecular weight is 415 g/mol. The highest BCUT2D eigenvalue weighted by Crippen LogP contribution is 2.42. The number of hydrogen-bond acceptors (Lipinski definition) is 6. The van der Waals surface area contributed by atoms with Crippen molar-refractivity contribution in [3.8, 4) is 6.07 Å². The Labute approximate surface area is 170 Å². The van der Waals surface area contributed by atoms with Crippen LogP contribution in [0.5, 0.6) is 0 Å². The molecule has 0 spiro atoms. The molecule has 1 aromatic rings. The Hall–Kier alpha value is -3.03. The van der Waals surface area contributed by atoms with Crippen LogP contribution in [0.3, 0.4) is 0 Å². The first-order chi connectivity index (χ1) is 13.8. The maximum absolute atomic E-state index is 12.5. The predicted octanol–water partition coefficient (Wildman–Crippen LogP) is 0.394. The largest absolute Gasteiger partial charge is 0.394 e. The normalized spacial score (nSPS) is 18.8. The maximum atomic E-state index is 12.5. The van der Waals surface area contributed by atoms with E-state index in [2.05, 4.69) is 5.32 Å². The Kier molecular flexibility index (Phi) is 5.81. The molecule has 1 heterocycles. The van der Waals surface area contributed by atoms with Crippen molar-refractivity contribution in [1.29, 1.82) is 10.7 Å². The van der Waals surface area contributed by atoms with Gasteiger partial charge in [0.15, 0.2) is 11.1 Å².